The van der Waals surface area contributed by atoms with Gasteiger partial charge in [0.25, 0.3) is 0 Å². The molecule has 1 N–H and O–H groups in total. The molecule has 1 heterocycles. The summed E-state index contributed by atoms with van der Waals surface area (Å²) in [7, 11) is 0. The van der Waals surface area contributed by atoms with E-state index in [1.54, 1.807) is 0 Å². The average Bonchev–Trinajstić information content (AvgIpc) is 2.74. The first-order chi connectivity index (χ1) is 7.78. The number of aromatic nitrogens is 2. The van der Waals surface area contributed by atoms with Gasteiger partial charge in [-0.2, -0.15) is 5.10 Å². The Bertz CT molecular complexity index is 465. The standard InChI is InChI=1S/C12H14BrN3/c1-2-16-9-12(8-15-16)14-7-10-4-3-5-11(13)6-10/h3-6,8-9,14H,2,7H2,1H3. The van der Waals surface area contributed by atoms with Crippen LogP contribution >= 0.6 is 15.9 Å². The topological polar surface area (TPSA) is 29.9 Å². The van der Waals surface area contributed by atoms with E-state index in [1.807, 2.05) is 29.2 Å². The first-order valence-corrected chi connectivity index (χ1v) is 6.08. The Hall–Kier alpha value is -1.29. The van der Waals surface area contributed by atoms with Gasteiger partial charge in [0.2, 0.25) is 0 Å². The van der Waals surface area contributed by atoms with Crippen molar-refractivity contribution < 1.29 is 0 Å². The van der Waals surface area contributed by atoms with Gasteiger partial charge in [-0.3, -0.25) is 4.68 Å². The van der Waals surface area contributed by atoms with Crippen LogP contribution in [-0.4, -0.2) is 9.78 Å². The molecule has 0 aliphatic heterocycles. The molecule has 2 aromatic rings. The second-order valence-electron chi connectivity index (χ2n) is 3.57. The van der Waals surface area contributed by atoms with Gasteiger partial charge in [-0.1, -0.05) is 28.1 Å². The zero-order chi connectivity index (χ0) is 11.4. The molecular weight excluding hydrogens is 266 g/mol. The first-order valence-electron chi connectivity index (χ1n) is 5.28. The predicted octanol–water partition coefficient (Wildman–Crippen LogP) is 3.28. The molecule has 0 fully saturated rings. The van der Waals surface area contributed by atoms with Crippen molar-refractivity contribution in [3.8, 4) is 0 Å². The zero-order valence-electron chi connectivity index (χ0n) is 9.15. The molecule has 0 aliphatic carbocycles. The molecule has 84 valence electrons. The number of anilines is 1. The summed E-state index contributed by atoms with van der Waals surface area (Å²) in [6.45, 7) is 3.79. The minimum atomic E-state index is 0.814. The maximum Gasteiger partial charge on any atom is 0.0729 e. The van der Waals surface area contributed by atoms with Gasteiger partial charge in [0.05, 0.1) is 11.9 Å². The lowest BCUT2D eigenvalue weighted by molar-refractivity contribution is 0.660. The van der Waals surface area contributed by atoms with Crippen LogP contribution in [0.2, 0.25) is 0 Å². The highest BCUT2D eigenvalue weighted by Gasteiger charge is 1.97. The molecule has 0 saturated carbocycles. The van der Waals surface area contributed by atoms with Crippen molar-refractivity contribution in [3.05, 3.63) is 46.7 Å². The van der Waals surface area contributed by atoms with Gasteiger partial charge in [0.1, 0.15) is 0 Å². The van der Waals surface area contributed by atoms with Crippen LogP contribution in [-0.2, 0) is 13.1 Å². The third kappa shape index (κ3) is 2.85. The molecule has 0 amide bonds. The number of benzene rings is 1. The van der Waals surface area contributed by atoms with Gasteiger partial charge in [0.15, 0.2) is 0 Å². The lowest BCUT2D eigenvalue weighted by atomic mass is 10.2. The number of hydrogen-bond donors (Lipinski definition) is 1. The van der Waals surface area contributed by atoms with Gasteiger partial charge in [-0.15, -0.1) is 0 Å². The highest BCUT2D eigenvalue weighted by Crippen LogP contribution is 2.13. The van der Waals surface area contributed by atoms with Crippen LogP contribution < -0.4 is 5.32 Å². The highest BCUT2D eigenvalue weighted by atomic mass is 79.9. The summed E-state index contributed by atoms with van der Waals surface area (Å²) in [5, 5.41) is 7.55. The Kier molecular flexibility index (Phi) is 3.62. The minimum Gasteiger partial charge on any atom is -0.378 e. The molecule has 0 aliphatic rings. The Morgan fingerprint density at radius 3 is 3.00 bits per heavy atom. The van der Waals surface area contributed by atoms with Crippen molar-refractivity contribution in [2.24, 2.45) is 0 Å². The Balaban J connectivity index is 1.96. The Morgan fingerprint density at radius 2 is 2.31 bits per heavy atom. The molecule has 2 rings (SSSR count). The van der Waals surface area contributed by atoms with Gasteiger partial charge in [-0.05, 0) is 24.6 Å². The summed E-state index contributed by atoms with van der Waals surface area (Å²) >= 11 is 3.46. The van der Waals surface area contributed by atoms with Crippen molar-refractivity contribution in [1.29, 1.82) is 0 Å². The molecular formula is C12H14BrN3. The average molecular weight is 280 g/mol. The molecule has 4 heteroatoms. The number of nitrogens with zero attached hydrogens (tertiary/aromatic N) is 2. The van der Waals surface area contributed by atoms with Crippen LogP contribution in [0.25, 0.3) is 0 Å². The monoisotopic (exact) mass is 279 g/mol. The van der Waals surface area contributed by atoms with E-state index >= 15 is 0 Å². The third-order valence-corrected chi connectivity index (χ3v) is 2.84. The molecule has 0 unspecified atom stereocenters. The second kappa shape index (κ2) is 5.16. The minimum absolute atomic E-state index is 0.814. The number of hydrogen-bond acceptors (Lipinski definition) is 2. The Morgan fingerprint density at radius 1 is 1.44 bits per heavy atom. The molecule has 3 nitrogen and oxygen atoms in total. The van der Waals surface area contributed by atoms with Crippen LogP contribution in [0.5, 0.6) is 0 Å². The molecule has 0 bridgehead atoms. The summed E-state index contributed by atoms with van der Waals surface area (Å²) in [4.78, 5) is 0. The molecule has 1 aromatic heterocycles. The maximum atomic E-state index is 4.21. The smallest absolute Gasteiger partial charge is 0.0729 e. The van der Waals surface area contributed by atoms with E-state index in [2.05, 4.69) is 45.4 Å². The van der Waals surface area contributed by atoms with E-state index in [-0.39, 0.29) is 0 Å². The zero-order valence-corrected chi connectivity index (χ0v) is 10.7. The number of aryl methyl sites for hydroxylation is 1. The van der Waals surface area contributed by atoms with Crippen LogP contribution in [0.1, 0.15) is 12.5 Å². The molecule has 16 heavy (non-hydrogen) atoms. The van der Waals surface area contributed by atoms with E-state index in [4.69, 9.17) is 0 Å². The molecule has 0 saturated heterocycles. The van der Waals surface area contributed by atoms with Crippen molar-refractivity contribution in [2.75, 3.05) is 5.32 Å². The largest absolute Gasteiger partial charge is 0.378 e. The number of nitrogens with one attached hydrogen (secondary N) is 1. The fourth-order valence-electron chi connectivity index (χ4n) is 1.48. The van der Waals surface area contributed by atoms with Gasteiger partial charge >= 0.3 is 0 Å². The van der Waals surface area contributed by atoms with E-state index in [0.717, 1.165) is 23.2 Å². The van der Waals surface area contributed by atoms with Crippen molar-refractivity contribution in [1.82, 2.24) is 9.78 Å². The SMILES string of the molecule is CCn1cc(NCc2cccc(Br)c2)cn1. The maximum absolute atomic E-state index is 4.21. The molecule has 1 aromatic carbocycles. The summed E-state index contributed by atoms with van der Waals surface area (Å²) in [6, 6.07) is 8.27. The molecule has 0 spiro atoms. The number of halogens is 1. The van der Waals surface area contributed by atoms with Crippen molar-refractivity contribution >= 4 is 21.6 Å². The van der Waals surface area contributed by atoms with Crippen LogP contribution in [0.4, 0.5) is 5.69 Å². The van der Waals surface area contributed by atoms with Crippen LogP contribution in [0.3, 0.4) is 0 Å². The van der Waals surface area contributed by atoms with Crippen molar-refractivity contribution in [2.45, 2.75) is 20.0 Å². The third-order valence-electron chi connectivity index (χ3n) is 2.34. The molecule has 0 radical (unpaired) electrons. The molecule has 0 atom stereocenters. The number of rotatable bonds is 4. The Labute approximate surface area is 104 Å². The predicted molar refractivity (Wildman–Crippen MR) is 69.4 cm³/mol. The lowest BCUT2D eigenvalue weighted by Crippen LogP contribution is -1.98. The van der Waals surface area contributed by atoms with Gasteiger partial charge < -0.3 is 5.32 Å². The summed E-state index contributed by atoms with van der Waals surface area (Å²) in [5.74, 6) is 0. The van der Waals surface area contributed by atoms with E-state index < -0.39 is 0 Å². The van der Waals surface area contributed by atoms with E-state index in [9.17, 15) is 0 Å². The second-order valence-corrected chi connectivity index (χ2v) is 4.48. The van der Waals surface area contributed by atoms with Crippen LogP contribution in [0, 0.1) is 0 Å². The fraction of sp³-hybridized carbons (Fsp3) is 0.250. The van der Waals surface area contributed by atoms with Gasteiger partial charge in [-0.25, -0.2) is 0 Å². The van der Waals surface area contributed by atoms with Crippen LogP contribution in [0.15, 0.2) is 41.1 Å². The van der Waals surface area contributed by atoms with E-state index in [0.29, 0.717) is 0 Å². The summed E-state index contributed by atoms with van der Waals surface area (Å²) < 4.78 is 3.01. The van der Waals surface area contributed by atoms with Crippen molar-refractivity contribution in [3.63, 3.8) is 0 Å². The summed E-state index contributed by atoms with van der Waals surface area (Å²) in [6.07, 6.45) is 3.86. The quantitative estimate of drug-likeness (QED) is 0.931. The van der Waals surface area contributed by atoms with Gasteiger partial charge in [0, 0.05) is 23.8 Å². The normalized spacial score (nSPS) is 10.4. The highest BCUT2D eigenvalue weighted by molar-refractivity contribution is 9.10. The first kappa shape index (κ1) is 11.2. The van der Waals surface area contributed by atoms with E-state index in [1.165, 1.54) is 5.56 Å². The summed E-state index contributed by atoms with van der Waals surface area (Å²) in [5.41, 5.74) is 2.31. The lowest BCUT2D eigenvalue weighted by Gasteiger charge is -2.03. The fourth-order valence-corrected chi connectivity index (χ4v) is 1.93.